The second-order valence-corrected chi connectivity index (χ2v) is 5.02. The molecule has 0 fully saturated rings. The van der Waals surface area contributed by atoms with E-state index in [9.17, 15) is 4.79 Å². The molecule has 0 saturated carbocycles. The van der Waals surface area contributed by atoms with Crippen LogP contribution in [0.1, 0.15) is 23.1 Å². The number of carbonyl (C=O) groups excluding carboxylic acids is 1. The normalized spacial score (nSPS) is 10.7. The van der Waals surface area contributed by atoms with E-state index in [2.05, 4.69) is 22.7 Å². The molecule has 0 unspecified atom stereocenters. The van der Waals surface area contributed by atoms with Crippen LogP contribution in [-0.4, -0.2) is 18.1 Å². The standard InChI is InChI=1S/C15H16ClNO2/c1-9-6-10(2)12-8-11(4-5-14(18)19-3)15(16)17-13(12)7-9/h6-8H,4-5H2,1-3H3. The maximum Gasteiger partial charge on any atom is 0.305 e. The Morgan fingerprint density at radius 2 is 2.05 bits per heavy atom. The van der Waals surface area contributed by atoms with Crippen molar-refractivity contribution in [3.8, 4) is 0 Å². The van der Waals surface area contributed by atoms with E-state index in [1.807, 2.05) is 19.1 Å². The smallest absolute Gasteiger partial charge is 0.305 e. The zero-order chi connectivity index (χ0) is 14.0. The number of aryl methyl sites for hydroxylation is 3. The molecule has 0 N–H and O–H groups in total. The third kappa shape index (κ3) is 3.04. The van der Waals surface area contributed by atoms with Crippen molar-refractivity contribution >= 4 is 28.5 Å². The van der Waals surface area contributed by atoms with Crippen molar-refractivity contribution < 1.29 is 9.53 Å². The van der Waals surface area contributed by atoms with E-state index in [4.69, 9.17) is 11.6 Å². The molecule has 1 aromatic carbocycles. The summed E-state index contributed by atoms with van der Waals surface area (Å²) >= 11 is 6.17. The molecule has 0 spiro atoms. The van der Waals surface area contributed by atoms with Crippen LogP contribution in [0.2, 0.25) is 5.15 Å². The fourth-order valence-electron chi connectivity index (χ4n) is 2.16. The Hall–Kier alpha value is -1.61. The van der Waals surface area contributed by atoms with Crippen LogP contribution < -0.4 is 0 Å². The average Bonchev–Trinajstić information content (AvgIpc) is 2.36. The van der Waals surface area contributed by atoms with Crippen LogP contribution in [-0.2, 0) is 16.0 Å². The first-order valence-electron chi connectivity index (χ1n) is 6.14. The molecule has 0 aliphatic carbocycles. The maximum atomic E-state index is 11.2. The van der Waals surface area contributed by atoms with Crippen molar-refractivity contribution in [3.05, 3.63) is 40.0 Å². The number of benzene rings is 1. The molecular weight excluding hydrogens is 262 g/mol. The highest BCUT2D eigenvalue weighted by Gasteiger charge is 2.09. The van der Waals surface area contributed by atoms with Crippen LogP contribution in [0.15, 0.2) is 18.2 Å². The highest BCUT2D eigenvalue weighted by atomic mass is 35.5. The van der Waals surface area contributed by atoms with E-state index in [0.717, 1.165) is 22.0 Å². The van der Waals surface area contributed by atoms with Crippen molar-refractivity contribution in [3.63, 3.8) is 0 Å². The predicted octanol–water partition coefficient (Wildman–Crippen LogP) is 3.61. The first-order valence-corrected chi connectivity index (χ1v) is 6.52. The van der Waals surface area contributed by atoms with Gasteiger partial charge in [0.05, 0.1) is 12.6 Å². The summed E-state index contributed by atoms with van der Waals surface area (Å²) < 4.78 is 4.64. The van der Waals surface area contributed by atoms with Gasteiger partial charge < -0.3 is 4.74 Å². The third-order valence-electron chi connectivity index (χ3n) is 3.14. The molecule has 0 aliphatic heterocycles. The van der Waals surface area contributed by atoms with Crippen molar-refractivity contribution in [2.24, 2.45) is 0 Å². The molecule has 0 bridgehead atoms. The lowest BCUT2D eigenvalue weighted by Crippen LogP contribution is -2.03. The second-order valence-electron chi connectivity index (χ2n) is 4.66. The fraction of sp³-hybridized carbons (Fsp3) is 0.333. The first kappa shape index (κ1) is 13.8. The zero-order valence-electron chi connectivity index (χ0n) is 11.3. The molecule has 3 nitrogen and oxygen atoms in total. The van der Waals surface area contributed by atoms with E-state index in [1.54, 1.807) is 0 Å². The number of carbonyl (C=O) groups is 1. The molecule has 2 rings (SSSR count). The lowest BCUT2D eigenvalue weighted by atomic mass is 10.0. The quantitative estimate of drug-likeness (QED) is 0.635. The Morgan fingerprint density at radius 3 is 2.74 bits per heavy atom. The summed E-state index contributed by atoms with van der Waals surface area (Å²) in [4.78, 5) is 15.6. The molecular formula is C15H16ClNO2. The van der Waals surface area contributed by atoms with Gasteiger partial charge in [-0.2, -0.15) is 0 Å². The monoisotopic (exact) mass is 277 g/mol. The van der Waals surface area contributed by atoms with Crippen LogP contribution in [0.4, 0.5) is 0 Å². The molecule has 0 aliphatic rings. The Kier molecular flexibility index (Phi) is 4.05. The number of ether oxygens (including phenoxy) is 1. The van der Waals surface area contributed by atoms with Crippen LogP contribution in [0.25, 0.3) is 10.9 Å². The number of aromatic nitrogens is 1. The predicted molar refractivity (Wildman–Crippen MR) is 76.6 cm³/mol. The number of nitrogens with zero attached hydrogens (tertiary/aromatic N) is 1. The largest absolute Gasteiger partial charge is 0.469 e. The number of halogens is 1. The van der Waals surface area contributed by atoms with Gasteiger partial charge in [-0.15, -0.1) is 0 Å². The van der Waals surface area contributed by atoms with Gasteiger partial charge in [-0.1, -0.05) is 17.7 Å². The number of methoxy groups -OCH3 is 1. The molecule has 19 heavy (non-hydrogen) atoms. The summed E-state index contributed by atoms with van der Waals surface area (Å²) in [5.41, 5.74) is 4.10. The van der Waals surface area contributed by atoms with Gasteiger partial charge in [0.1, 0.15) is 5.15 Å². The Morgan fingerprint density at radius 1 is 1.32 bits per heavy atom. The minimum absolute atomic E-state index is 0.239. The molecule has 2 aromatic rings. The van der Waals surface area contributed by atoms with Gasteiger partial charge in [0, 0.05) is 11.8 Å². The van der Waals surface area contributed by atoms with Gasteiger partial charge in [0.25, 0.3) is 0 Å². The topological polar surface area (TPSA) is 39.2 Å². The Balaban J connectivity index is 2.40. The second kappa shape index (κ2) is 5.57. The van der Waals surface area contributed by atoms with E-state index in [1.165, 1.54) is 12.7 Å². The minimum atomic E-state index is -0.239. The fourth-order valence-corrected chi connectivity index (χ4v) is 2.40. The number of rotatable bonds is 3. The highest BCUT2D eigenvalue weighted by Crippen LogP contribution is 2.25. The van der Waals surface area contributed by atoms with Crippen molar-refractivity contribution in [1.29, 1.82) is 0 Å². The lowest BCUT2D eigenvalue weighted by molar-refractivity contribution is -0.140. The summed E-state index contributed by atoms with van der Waals surface area (Å²) in [7, 11) is 1.38. The first-order chi connectivity index (χ1) is 9.01. The third-order valence-corrected chi connectivity index (χ3v) is 3.46. The molecule has 4 heteroatoms. The van der Waals surface area contributed by atoms with Gasteiger partial charge in [0.2, 0.25) is 0 Å². The van der Waals surface area contributed by atoms with E-state index < -0.39 is 0 Å². The lowest BCUT2D eigenvalue weighted by Gasteiger charge is -2.08. The van der Waals surface area contributed by atoms with Gasteiger partial charge in [-0.05, 0) is 49.1 Å². The molecule has 100 valence electrons. The van der Waals surface area contributed by atoms with Gasteiger partial charge in [-0.25, -0.2) is 4.98 Å². The highest BCUT2D eigenvalue weighted by molar-refractivity contribution is 6.30. The summed E-state index contributed by atoms with van der Waals surface area (Å²) in [6, 6.07) is 6.14. The van der Waals surface area contributed by atoms with Gasteiger partial charge >= 0.3 is 5.97 Å². The minimum Gasteiger partial charge on any atom is -0.469 e. The Bertz CT molecular complexity index is 638. The van der Waals surface area contributed by atoms with Crippen molar-refractivity contribution in [2.75, 3.05) is 7.11 Å². The van der Waals surface area contributed by atoms with E-state index in [0.29, 0.717) is 18.0 Å². The summed E-state index contributed by atoms with van der Waals surface area (Å²) in [5.74, 6) is -0.239. The maximum absolute atomic E-state index is 11.2. The number of fused-ring (bicyclic) bond motifs is 1. The summed E-state index contributed by atoms with van der Waals surface area (Å²) in [6.07, 6.45) is 0.857. The molecule has 1 heterocycles. The SMILES string of the molecule is COC(=O)CCc1cc2c(C)cc(C)cc2nc1Cl. The number of hydrogen-bond donors (Lipinski definition) is 0. The van der Waals surface area contributed by atoms with E-state index in [-0.39, 0.29) is 5.97 Å². The molecule has 0 saturated heterocycles. The van der Waals surface area contributed by atoms with Gasteiger partial charge in [0.15, 0.2) is 0 Å². The average molecular weight is 278 g/mol. The molecule has 1 aromatic heterocycles. The zero-order valence-corrected chi connectivity index (χ0v) is 12.0. The van der Waals surface area contributed by atoms with Crippen LogP contribution in [0.5, 0.6) is 0 Å². The van der Waals surface area contributed by atoms with Crippen LogP contribution >= 0.6 is 11.6 Å². The molecule has 0 atom stereocenters. The molecule has 0 radical (unpaired) electrons. The van der Waals surface area contributed by atoms with Gasteiger partial charge in [-0.3, -0.25) is 4.79 Å². The number of pyridine rings is 1. The van der Waals surface area contributed by atoms with Crippen LogP contribution in [0, 0.1) is 13.8 Å². The van der Waals surface area contributed by atoms with E-state index >= 15 is 0 Å². The van der Waals surface area contributed by atoms with Crippen molar-refractivity contribution in [1.82, 2.24) is 4.98 Å². The number of esters is 1. The number of hydrogen-bond acceptors (Lipinski definition) is 3. The van der Waals surface area contributed by atoms with Crippen LogP contribution in [0.3, 0.4) is 0 Å². The summed E-state index contributed by atoms with van der Waals surface area (Å²) in [5, 5.41) is 1.54. The summed E-state index contributed by atoms with van der Waals surface area (Å²) in [6.45, 7) is 4.09. The Labute approximate surface area is 117 Å². The molecule has 0 amide bonds. The van der Waals surface area contributed by atoms with Crippen molar-refractivity contribution in [2.45, 2.75) is 26.7 Å².